The Balaban J connectivity index is 0.00000200. The molecule has 1 aromatic carbocycles. The summed E-state index contributed by atoms with van der Waals surface area (Å²) in [7, 11) is 0. The van der Waals surface area contributed by atoms with Crippen molar-refractivity contribution in [3.63, 3.8) is 0 Å². The van der Waals surface area contributed by atoms with E-state index in [0.29, 0.717) is 17.7 Å². The lowest BCUT2D eigenvalue weighted by Gasteiger charge is -2.15. The quantitative estimate of drug-likeness (QED) is 0.759. The minimum atomic E-state index is -4.60. The molecule has 0 aliphatic carbocycles. The van der Waals surface area contributed by atoms with Crippen LogP contribution in [0, 0.1) is 5.82 Å². The topological polar surface area (TPSA) is 26.0 Å². The van der Waals surface area contributed by atoms with Crippen LogP contribution in [0.2, 0.25) is 5.02 Å². The van der Waals surface area contributed by atoms with Crippen molar-refractivity contribution in [1.29, 1.82) is 0 Å². The van der Waals surface area contributed by atoms with E-state index in [1.807, 2.05) is 0 Å². The van der Waals surface area contributed by atoms with Crippen molar-refractivity contribution in [2.75, 3.05) is 0 Å². The van der Waals surface area contributed by atoms with Gasteiger partial charge >= 0.3 is 6.18 Å². The van der Waals surface area contributed by atoms with Crippen molar-refractivity contribution in [2.45, 2.75) is 12.2 Å². The van der Waals surface area contributed by atoms with Gasteiger partial charge < -0.3 is 5.73 Å². The summed E-state index contributed by atoms with van der Waals surface area (Å²) < 4.78 is 51.8. The average Bonchev–Trinajstić information content (AvgIpc) is 2.83. The fourth-order valence-electron chi connectivity index (χ4n) is 1.63. The van der Waals surface area contributed by atoms with Crippen molar-refractivity contribution in [1.82, 2.24) is 0 Å². The van der Waals surface area contributed by atoms with E-state index in [1.54, 1.807) is 16.8 Å². The van der Waals surface area contributed by atoms with Gasteiger partial charge in [-0.05, 0) is 34.5 Å². The number of alkyl halides is 3. The highest BCUT2D eigenvalue weighted by molar-refractivity contribution is 7.08. The third-order valence-electron chi connectivity index (χ3n) is 2.62. The fourth-order valence-corrected chi connectivity index (χ4v) is 2.56. The molecule has 20 heavy (non-hydrogen) atoms. The molecule has 0 saturated heterocycles. The smallest absolute Gasteiger partial charge is 0.320 e. The number of hydrogen-bond donors (Lipinski definition) is 1. The number of halogens is 6. The van der Waals surface area contributed by atoms with Crippen molar-refractivity contribution < 1.29 is 17.6 Å². The molecule has 110 valence electrons. The number of thiophene rings is 1. The Labute approximate surface area is 127 Å². The van der Waals surface area contributed by atoms with Crippen molar-refractivity contribution in [3.8, 4) is 0 Å². The van der Waals surface area contributed by atoms with Gasteiger partial charge in [0.25, 0.3) is 0 Å². The highest BCUT2D eigenvalue weighted by atomic mass is 35.5. The maximum absolute atomic E-state index is 13.8. The van der Waals surface area contributed by atoms with Crippen LogP contribution in [0.3, 0.4) is 0 Å². The predicted molar refractivity (Wildman–Crippen MR) is 74.0 cm³/mol. The van der Waals surface area contributed by atoms with E-state index in [-0.39, 0.29) is 18.0 Å². The van der Waals surface area contributed by atoms with Gasteiger partial charge in [0.15, 0.2) is 0 Å². The third kappa shape index (κ3) is 3.44. The molecule has 0 aliphatic heterocycles. The molecule has 1 aromatic heterocycles. The zero-order chi connectivity index (χ0) is 14.2. The molecule has 1 heterocycles. The lowest BCUT2D eigenvalue weighted by molar-refractivity contribution is -0.137. The number of nitrogens with two attached hydrogens (primary N) is 1. The monoisotopic (exact) mass is 345 g/mol. The Bertz CT molecular complexity index is 584. The SMILES string of the molecule is Cl.N[C@H](c1ccsc1)c1cc(C(F)(F)F)cc(Cl)c1F. The summed E-state index contributed by atoms with van der Waals surface area (Å²) >= 11 is 6.83. The summed E-state index contributed by atoms with van der Waals surface area (Å²) in [6.07, 6.45) is -4.60. The first-order valence-electron chi connectivity index (χ1n) is 5.14. The minimum Gasteiger partial charge on any atom is -0.320 e. The van der Waals surface area contributed by atoms with Gasteiger partial charge in [-0.1, -0.05) is 11.6 Å². The second kappa shape index (κ2) is 6.30. The highest BCUT2D eigenvalue weighted by Crippen LogP contribution is 2.36. The lowest BCUT2D eigenvalue weighted by Crippen LogP contribution is -2.15. The molecule has 0 spiro atoms. The van der Waals surface area contributed by atoms with Crippen LogP contribution < -0.4 is 5.73 Å². The van der Waals surface area contributed by atoms with Gasteiger partial charge in [0.2, 0.25) is 0 Å². The number of benzene rings is 1. The molecule has 0 bridgehead atoms. The molecule has 0 radical (unpaired) electrons. The molecule has 2 rings (SSSR count). The van der Waals surface area contributed by atoms with E-state index in [0.717, 1.165) is 0 Å². The van der Waals surface area contributed by atoms with E-state index in [9.17, 15) is 17.6 Å². The molecule has 2 aromatic rings. The van der Waals surface area contributed by atoms with E-state index in [2.05, 4.69) is 0 Å². The van der Waals surface area contributed by atoms with Crippen LogP contribution in [0.25, 0.3) is 0 Å². The van der Waals surface area contributed by atoms with Gasteiger partial charge in [0.05, 0.1) is 16.6 Å². The number of hydrogen-bond acceptors (Lipinski definition) is 2. The molecule has 8 heteroatoms. The molecule has 0 saturated carbocycles. The van der Waals surface area contributed by atoms with Crippen molar-refractivity contribution in [2.24, 2.45) is 5.73 Å². The molecule has 0 fully saturated rings. The van der Waals surface area contributed by atoms with Gasteiger partial charge in [-0.3, -0.25) is 0 Å². The van der Waals surface area contributed by atoms with Gasteiger partial charge in [0, 0.05) is 5.56 Å². The zero-order valence-corrected chi connectivity index (χ0v) is 12.1. The van der Waals surface area contributed by atoms with Crippen LogP contribution in [0.4, 0.5) is 17.6 Å². The van der Waals surface area contributed by atoms with Crippen LogP contribution in [-0.4, -0.2) is 0 Å². The second-order valence-electron chi connectivity index (χ2n) is 3.89. The molecule has 0 amide bonds. The van der Waals surface area contributed by atoms with Crippen LogP contribution >= 0.6 is 35.3 Å². The molecule has 0 aliphatic rings. The van der Waals surface area contributed by atoms with Crippen LogP contribution in [-0.2, 0) is 6.18 Å². The summed E-state index contributed by atoms with van der Waals surface area (Å²) in [6.45, 7) is 0. The van der Waals surface area contributed by atoms with Crippen LogP contribution in [0.5, 0.6) is 0 Å². The van der Waals surface area contributed by atoms with E-state index in [1.165, 1.54) is 11.3 Å². The van der Waals surface area contributed by atoms with Crippen molar-refractivity contribution >= 4 is 35.3 Å². The minimum absolute atomic E-state index is 0. The van der Waals surface area contributed by atoms with E-state index >= 15 is 0 Å². The van der Waals surface area contributed by atoms with E-state index in [4.69, 9.17) is 17.3 Å². The Morgan fingerprint density at radius 2 is 1.90 bits per heavy atom. The standard InChI is InChI=1S/C12H8ClF4NS.ClH/c13-9-4-7(12(15,16)17)3-8(10(9)14)11(18)6-1-2-19-5-6;/h1-5,11H,18H2;1H/t11-;/m1./s1. The first-order chi connectivity index (χ1) is 8.80. The Morgan fingerprint density at radius 1 is 1.25 bits per heavy atom. The molecule has 1 nitrogen and oxygen atoms in total. The maximum Gasteiger partial charge on any atom is 0.416 e. The van der Waals surface area contributed by atoms with Crippen molar-refractivity contribution in [3.05, 3.63) is 56.5 Å². The van der Waals surface area contributed by atoms with Gasteiger partial charge in [-0.25, -0.2) is 4.39 Å². The summed E-state index contributed by atoms with van der Waals surface area (Å²) in [5, 5.41) is 2.77. The summed E-state index contributed by atoms with van der Waals surface area (Å²) in [6, 6.07) is 1.90. The first kappa shape index (κ1) is 17.2. The summed E-state index contributed by atoms with van der Waals surface area (Å²) in [4.78, 5) is 0. The Hall–Kier alpha value is -0.820. The molecule has 2 N–H and O–H groups in total. The average molecular weight is 346 g/mol. The third-order valence-corrected chi connectivity index (χ3v) is 3.60. The van der Waals surface area contributed by atoms with E-state index < -0.39 is 28.6 Å². The molecule has 1 atom stereocenters. The van der Waals surface area contributed by atoms with Gasteiger partial charge in [-0.2, -0.15) is 24.5 Å². The summed E-state index contributed by atoms with van der Waals surface area (Å²) in [5.41, 5.74) is 5.04. The molecule has 0 unspecified atom stereocenters. The largest absolute Gasteiger partial charge is 0.416 e. The normalized spacial score (nSPS) is 12.9. The van der Waals surface area contributed by atoms with Crippen LogP contribution in [0.15, 0.2) is 29.0 Å². The Morgan fingerprint density at radius 3 is 2.40 bits per heavy atom. The van der Waals surface area contributed by atoms with Crippen LogP contribution in [0.1, 0.15) is 22.7 Å². The molecular formula is C12H9Cl2F4NS. The Kier molecular flexibility index (Phi) is 5.43. The van der Waals surface area contributed by atoms with Gasteiger partial charge in [0.1, 0.15) is 5.82 Å². The second-order valence-corrected chi connectivity index (χ2v) is 5.08. The fraction of sp³-hybridized carbons (Fsp3) is 0.167. The first-order valence-corrected chi connectivity index (χ1v) is 6.46. The highest BCUT2D eigenvalue weighted by Gasteiger charge is 2.33. The zero-order valence-electron chi connectivity index (χ0n) is 9.75. The predicted octanol–water partition coefficient (Wildman–Crippen LogP) is 5.03. The number of rotatable bonds is 2. The molecular weight excluding hydrogens is 337 g/mol. The maximum atomic E-state index is 13.8. The lowest BCUT2D eigenvalue weighted by atomic mass is 9.99. The van der Waals surface area contributed by atoms with Gasteiger partial charge in [-0.15, -0.1) is 12.4 Å². The summed E-state index contributed by atoms with van der Waals surface area (Å²) in [5.74, 6) is -0.923.